The molecule has 0 saturated carbocycles. The summed E-state index contributed by atoms with van der Waals surface area (Å²) in [4.78, 5) is 17.1. The minimum atomic E-state index is -0.926. The third kappa shape index (κ3) is 3.47. The summed E-state index contributed by atoms with van der Waals surface area (Å²) in [5.74, 6) is -0.287. The second-order valence-electron chi connectivity index (χ2n) is 7.49. The Balaban J connectivity index is 1.91. The maximum atomic E-state index is 12.8. The normalized spacial score (nSPS) is 17.6. The number of hydrogen-bond donors (Lipinski definition) is 0. The summed E-state index contributed by atoms with van der Waals surface area (Å²) in [5.41, 5.74) is 4.58. The summed E-state index contributed by atoms with van der Waals surface area (Å²) < 4.78 is 6.14. The zero-order valence-electron chi connectivity index (χ0n) is 17.0. The van der Waals surface area contributed by atoms with Crippen LogP contribution in [0.4, 0.5) is 11.4 Å². The number of carbonyl (C=O) groups excluding carboxylic acids is 1. The fourth-order valence-electron chi connectivity index (χ4n) is 3.48. The molecule has 1 heterocycles. The summed E-state index contributed by atoms with van der Waals surface area (Å²) in [6.45, 7) is 0. The van der Waals surface area contributed by atoms with Crippen molar-refractivity contribution in [2.75, 3.05) is 38.0 Å². The Morgan fingerprint density at radius 3 is 2.03 bits per heavy atom. The van der Waals surface area contributed by atoms with Crippen molar-refractivity contribution in [3.8, 4) is 0 Å². The van der Waals surface area contributed by atoms with E-state index in [1.807, 2.05) is 75.6 Å². The molecular weight excluding hydrogens is 380 g/mol. The van der Waals surface area contributed by atoms with Gasteiger partial charge in [-0.05, 0) is 42.5 Å². The zero-order valence-corrected chi connectivity index (χ0v) is 17.9. The molecule has 0 N–H and O–H groups in total. The lowest BCUT2D eigenvalue weighted by Crippen LogP contribution is -2.24. The van der Waals surface area contributed by atoms with Gasteiger partial charge in [0.15, 0.2) is 0 Å². The molecule has 1 unspecified atom stereocenters. The van der Waals surface area contributed by atoms with Crippen LogP contribution < -0.4 is 9.80 Å². The smallest absolute Gasteiger partial charge is 0.340 e. The Morgan fingerprint density at radius 1 is 0.793 bits per heavy atom. The summed E-state index contributed by atoms with van der Waals surface area (Å²) in [6, 6.07) is 24.2. The van der Waals surface area contributed by atoms with Gasteiger partial charge in [-0.1, -0.05) is 42.1 Å². The van der Waals surface area contributed by atoms with Crippen LogP contribution in [0, 0.1) is 0 Å². The predicted octanol–water partition coefficient (Wildman–Crippen LogP) is 4.98. The number of ether oxygens (including phenoxy) is 1. The monoisotopic (exact) mass is 404 g/mol. The molecule has 3 aromatic carbocycles. The second-order valence-corrected chi connectivity index (χ2v) is 8.74. The number of carbonyl (C=O) groups is 1. The molecule has 0 bridgehead atoms. The van der Waals surface area contributed by atoms with E-state index < -0.39 is 4.93 Å². The number of nitrogens with zero attached hydrogens (tertiary/aromatic N) is 2. The van der Waals surface area contributed by atoms with Crippen LogP contribution in [0.1, 0.15) is 21.5 Å². The number of rotatable bonds is 5. The van der Waals surface area contributed by atoms with Crippen molar-refractivity contribution in [3.05, 3.63) is 89.5 Å². The maximum Gasteiger partial charge on any atom is 0.340 e. The minimum absolute atomic E-state index is 0.287. The number of anilines is 2. The van der Waals surface area contributed by atoms with Crippen LogP contribution in [-0.2, 0) is 9.67 Å². The van der Waals surface area contributed by atoms with Crippen LogP contribution in [0.5, 0.6) is 0 Å². The van der Waals surface area contributed by atoms with E-state index in [1.165, 1.54) is 0 Å². The van der Waals surface area contributed by atoms with Gasteiger partial charge in [0, 0.05) is 55.6 Å². The highest BCUT2D eigenvalue weighted by atomic mass is 32.2. The molecule has 148 valence electrons. The molecule has 0 spiro atoms. The zero-order chi connectivity index (χ0) is 20.6. The summed E-state index contributed by atoms with van der Waals surface area (Å²) >= 11 is 1.56. The van der Waals surface area contributed by atoms with Crippen LogP contribution in [0.25, 0.3) is 0 Å². The molecule has 4 rings (SSSR count). The van der Waals surface area contributed by atoms with Gasteiger partial charge in [0.25, 0.3) is 0 Å². The van der Waals surface area contributed by atoms with E-state index in [0.29, 0.717) is 5.56 Å². The minimum Gasteiger partial charge on any atom is -0.435 e. The Morgan fingerprint density at radius 2 is 1.41 bits per heavy atom. The first-order valence-corrected chi connectivity index (χ1v) is 10.3. The van der Waals surface area contributed by atoms with E-state index in [-0.39, 0.29) is 5.97 Å². The van der Waals surface area contributed by atoms with Crippen molar-refractivity contribution in [2.24, 2.45) is 0 Å². The molecule has 0 radical (unpaired) electrons. The van der Waals surface area contributed by atoms with Gasteiger partial charge in [-0.25, -0.2) is 4.79 Å². The van der Waals surface area contributed by atoms with E-state index >= 15 is 0 Å². The number of fused-ring (bicyclic) bond motifs is 1. The maximum absolute atomic E-state index is 12.8. The van der Waals surface area contributed by atoms with Crippen molar-refractivity contribution < 1.29 is 9.53 Å². The standard InChI is InChI=1S/C24H24N2O2S/c1-25(2)18-12-10-17(11-13-18)24(29-20-8-6-5-7-9-20)22-16-19(26(3)4)14-15-21(22)23(27)28-24/h5-16H,1-4H3. The fourth-order valence-corrected chi connectivity index (χ4v) is 4.76. The molecule has 0 fully saturated rings. The molecule has 5 heteroatoms. The highest BCUT2D eigenvalue weighted by molar-refractivity contribution is 8.00. The van der Waals surface area contributed by atoms with Crippen LogP contribution in [0.15, 0.2) is 77.7 Å². The number of thioether (sulfide) groups is 1. The molecule has 1 atom stereocenters. The Bertz CT molecular complexity index is 1030. The van der Waals surface area contributed by atoms with E-state index in [0.717, 1.165) is 27.4 Å². The Labute approximate surface area is 176 Å². The molecule has 3 aromatic rings. The van der Waals surface area contributed by atoms with Crippen molar-refractivity contribution in [2.45, 2.75) is 9.83 Å². The van der Waals surface area contributed by atoms with Gasteiger partial charge in [-0.3, -0.25) is 0 Å². The molecule has 0 amide bonds. The molecular formula is C24H24N2O2S. The van der Waals surface area contributed by atoms with Crippen molar-refractivity contribution in [1.82, 2.24) is 0 Å². The molecule has 4 nitrogen and oxygen atoms in total. The van der Waals surface area contributed by atoms with Gasteiger partial charge in [0.2, 0.25) is 4.93 Å². The van der Waals surface area contributed by atoms with Crippen molar-refractivity contribution >= 4 is 29.1 Å². The van der Waals surface area contributed by atoms with Gasteiger partial charge >= 0.3 is 5.97 Å². The first kappa shape index (κ1) is 19.4. The van der Waals surface area contributed by atoms with Crippen LogP contribution >= 0.6 is 11.8 Å². The Hall–Kier alpha value is -2.92. The van der Waals surface area contributed by atoms with Gasteiger partial charge in [-0.15, -0.1) is 0 Å². The molecule has 0 aliphatic carbocycles. The van der Waals surface area contributed by atoms with Crippen molar-refractivity contribution in [1.29, 1.82) is 0 Å². The average molecular weight is 405 g/mol. The van der Waals surface area contributed by atoms with Gasteiger partial charge in [0.1, 0.15) is 0 Å². The number of cyclic esters (lactones) is 1. The number of esters is 1. The molecule has 0 aromatic heterocycles. The quantitative estimate of drug-likeness (QED) is 0.560. The second kappa shape index (κ2) is 7.48. The SMILES string of the molecule is CN(C)c1ccc(C2(Sc3ccccc3)OC(=O)c3ccc(N(C)C)cc32)cc1. The highest BCUT2D eigenvalue weighted by Crippen LogP contribution is 2.53. The number of benzene rings is 3. The third-order valence-corrected chi connectivity index (χ3v) is 6.43. The largest absolute Gasteiger partial charge is 0.435 e. The lowest BCUT2D eigenvalue weighted by Gasteiger charge is -2.30. The van der Waals surface area contributed by atoms with Crippen LogP contribution in [0.3, 0.4) is 0 Å². The Kier molecular flexibility index (Phi) is 5.01. The van der Waals surface area contributed by atoms with E-state index in [4.69, 9.17) is 4.74 Å². The van der Waals surface area contributed by atoms with Gasteiger partial charge in [-0.2, -0.15) is 0 Å². The first-order valence-electron chi connectivity index (χ1n) is 9.48. The summed E-state index contributed by atoms with van der Waals surface area (Å²) in [6.07, 6.45) is 0. The van der Waals surface area contributed by atoms with Gasteiger partial charge in [0.05, 0.1) is 5.56 Å². The van der Waals surface area contributed by atoms with Crippen molar-refractivity contribution in [3.63, 3.8) is 0 Å². The van der Waals surface area contributed by atoms with E-state index in [1.54, 1.807) is 11.8 Å². The predicted molar refractivity (Wildman–Crippen MR) is 120 cm³/mol. The lowest BCUT2D eigenvalue weighted by atomic mass is 9.97. The highest BCUT2D eigenvalue weighted by Gasteiger charge is 2.48. The van der Waals surface area contributed by atoms with Crippen LogP contribution in [-0.4, -0.2) is 34.2 Å². The average Bonchev–Trinajstić information content (AvgIpc) is 3.01. The first-order chi connectivity index (χ1) is 13.9. The van der Waals surface area contributed by atoms with E-state index in [2.05, 4.69) is 35.2 Å². The topological polar surface area (TPSA) is 32.8 Å². The summed E-state index contributed by atoms with van der Waals surface area (Å²) in [7, 11) is 8.02. The molecule has 1 aliphatic heterocycles. The molecule has 29 heavy (non-hydrogen) atoms. The van der Waals surface area contributed by atoms with Gasteiger partial charge < -0.3 is 14.5 Å². The lowest BCUT2D eigenvalue weighted by molar-refractivity contribution is 0.0384. The van der Waals surface area contributed by atoms with E-state index in [9.17, 15) is 4.79 Å². The molecule has 0 saturated heterocycles. The summed E-state index contributed by atoms with van der Waals surface area (Å²) in [5, 5.41) is 0. The molecule has 1 aliphatic rings. The third-order valence-electron chi connectivity index (χ3n) is 5.10. The fraction of sp³-hybridized carbons (Fsp3) is 0.208. The number of hydrogen-bond acceptors (Lipinski definition) is 5. The van der Waals surface area contributed by atoms with Crippen LogP contribution in [0.2, 0.25) is 0 Å².